The minimum Gasteiger partial charge on any atom is -0.502 e. The Morgan fingerprint density at radius 1 is 1.25 bits per heavy atom. The van der Waals surface area contributed by atoms with Gasteiger partial charge in [-0.2, -0.15) is 10.2 Å². The van der Waals surface area contributed by atoms with E-state index in [1.54, 1.807) is 24.0 Å². The predicted molar refractivity (Wildman–Crippen MR) is 101 cm³/mol. The normalized spacial score (nSPS) is 17.1. The first-order valence-electron chi connectivity index (χ1n) is 8.64. The summed E-state index contributed by atoms with van der Waals surface area (Å²) in [5.41, 5.74) is 0.583. The number of nitrogens with zero attached hydrogens (tertiary/aromatic N) is 5. The van der Waals surface area contributed by atoms with Crippen molar-refractivity contribution in [2.45, 2.75) is 12.1 Å². The number of benzene rings is 1. The van der Waals surface area contributed by atoms with Gasteiger partial charge in [-0.3, -0.25) is 14.3 Å². The van der Waals surface area contributed by atoms with Crippen molar-refractivity contribution in [3.8, 4) is 18.1 Å². The number of hydrogen-bond donors (Lipinski definition) is 1. The van der Waals surface area contributed by atoms with Gasteiger partial charge in [0.25, 0.3) is 5.91 Å². The van der Waals surface area contributed by atoms with E-state index in [1.165, 1.54) is 9.58 Å². The van der Waals surface area contributed by atoms with E-state index < -0.39 is 23.1 Å². The Labute approximate surface area is 160 Å². The Kier molecular flexibility index (Phi) is 4.20. The summed E-state index contributed by atoms with van der Waals surface area (Å²) in [6.45, 7) is 0.311. The lowest BCUT2D eigenvalue weighted by atomic mass is 9.97. The van der Waals surface area contributed by atoms with Crippen molar-refractivity contribution < 1.29 is 9.90 Å². The summed E-state index contributed by atoms with van der Waals surface area (Å²) in [5, 5.41) is 18.9. The zero-order valence-electron chi connectivity index (χ0n) is 15.1. The third kappa shape index (κ3) is 2.74. The van der Waals surface area contributed by atoms with E-state index in [1.807, 2.05) is 30.3 Å². The zero-order valence-corrected chi connectivity index (χ0v) is 15.1. The number of aromatic nitrogens is 4. The topological polar surface area (TPSA) is 93.3 Å². The van der Waals surface area contributed by atoms with Crippen molar-refractivity contribution in [2.24, 2.45) is 0 Å². The second kappa shape index (κ2) is 6.70. The first-order valence-corrected chi connectivity index (χ1v) is 8.64. The van der Waals surface area contributed by atoms with E-state index in [4.69, 9.17) is 6.42 Å². The number of hydrogen-bond acceptors (Lipinski definition) is 5. The number of carbonyl (C=O) groups is 1. The van der Waals surface area contributed by atoms with Crippen molar-refractivity contribution in [1.82, 2.24) is 24.5 Å². The lowest BCUT2D eigenvalue weighted by Gasteiger charge is -2.37. The van der Waals surface area contributed by atoms with Crippen molar-refractivity contribution in [2.75, 3.05) is 13.6 Å². The molecule has 2 atom stereocenters. The Morgan fingerprint density at radius 2 is 2.00 bits per heavy atom. The molecule has 8 heteroatoms. The first kappa shape index (κ1) is 17.5. The molecular weight excluding hydrogens is 358 g/mol. The van der Waals surface area contributed by atoms with E-state index in [0.717, 1.165) is 11.8 Å². The van der Waals surface area contributed by atoms with Gasteiger partial charge >= 0.3 is 0 Å². The van der Waals surface area contributed by atoms with Crippen LogP contribution in [-0.2, 0) is 0 Å². The Morgan fingerprint density at radius 3 is 2.68 bits per heavy atom. The number of terminal acetylenes is 1. The highest BCUT2D eigenvalue weighted by Crippen LogP contribution is 2.35. The van der Waals surface area contributed by atoms with Crippen LogP contribution in [0.25, 0.3) is 0 Å². The number of fused-ring (bicyclic) bond motifs is 1. The number of rotatable bonds is 3. The number of carbonyl (C=O) groups excluding carboxylic acids is 1. The second-order valence-corrected chi connectivity index (χ2v) is 6.58. The van der Waals surface area contributed by atoms with Gasteiger partial charge in [0.15, 0.2) is 11.4 Å². The molecule has 0 unspecified atom stereocenters. The molecule has 0 spiro atoms. The first-order chi connectivity index (χ1) is 13.5. The van der Waals surface area contributed by atoms with Crippen molar-refractivity contribution in [1.29, 1.82) is 0 Å². The van der Waals surface area contributed by atoms with Gasteiger partial charge in [0.05, 0.1) is 12.2 Å². The summed E-state index contributed by atoms with van der Waals surface area (Å²) in [7, 11) is 1.62. The summed E-state index contributed by atoms with van der Waals surface area (Å²) in [6, 6.07) is 10.5. The fraction of sp³-hybridized carbons (Fsp3) is 0.200. The molecule has 4 rings (SSSR count). The Hall–Kier alpha value is -3.86. The second-order valence-electron chi connectivity index (χ2n) is 6.58. The molecule has 1 amide bonds. The molecule has 140 valence electrons. The van der Waals surface area contributed by atoms with Crippen LogP contribution in [-0.4, -0.2) is 49.1 Å². The van der Waals surface area contributed by atoms with Gasteiger partial charge in [-0.15, -0.1) is 6.42 Å². The minimum absolute atomic E-state index is 0.128. The fourth-order valence-corrected chi connectivity index (χ4v) is 3.54. The molecule has 0 saturated heterocycles. The van der Waals surface area contributed by atoms with E-state index in [0.29, 0.717) is 12.2 Å². The van der Waals surface area contributed by atoms with Crippen LogP contribution in [0.2, 0.25) is 0 Å². The molecule has 8 nitrogen and oxygen atoms in total. The molecule has 1 aliphatic rings. The van der Waals surface area contributed by atoms with E-state index in [-0.39, 0.29) is 11.7 Å². The zero-order chi connectivity index (χ0) is 19.8. The predicted octanol–water partition coefficient (Wildman–Crippen LogP) is 1.04. The highest BCUT2D eigenvalue weighted by Gasteiger charge is 2.38. The molecule has 2 aromatic heterocycles. The SMILES string of the molecule is C#Cc1ccn([C@H](c2ccccc2)[C@H]2CN(C)C(=O)c3c(O)c(=O)cnn32)n1. The standard InChI is InChI=1S/C20H17N5O3/c1-3-14-9-10-24(22-14)17(13-7-5-4-6-8-13)15-12-23(2)20(28)18-19(27)16(26)11-21-25(15)18/h1,4-11,15,17,27H,12H2,2H3/t15-,17-/m1/s1. The molecule has 28 heavy (non-hydrogen) atoms. The van der Waals surface area contributed by atoms with E-state index >= 15 is 0 Å². The van der Waals surface area contributed by atoms with E-state index in [2.05, 4.69) is 16.1 Å². The molecule has 1 aromatic carbocycles. The summed E-state index contributed by atoms with van der Waals surface area (Å²) >= 11 is 0. The van der Waals surface area contributed by atoms with Crippen LogP contribution in [0.5, 0.6) is 5.75 Å². The smallest absolute Gasteiger partial charge is 0.275 e. The molecular formula is C20H17N5O3. The monoisotopic (exact) mass is 375 g/mol. The van der Waals surface area contributed by atoms with Crippen LogP contribution >= 0.6 is 0 Å². The largest absolute Gasteiger partial charge is 0.502 e. The lowest BCUT2D eigenvalue weighted by molar-refractivity contribution is 0.0667. The summed E-state index contributed by atoms with van der Waals surface area (Å²) in [4.78, 5) is 25.9. The van der Waals surface area contributed by atoms with Gasteiger partial charge in [0.2, 0.25) is 5.43 Å². The fourth-order valence-electron chi connectivity index (χ4n) is 3.54. The lowest BCUT2D eigenvalue weighted by Crippen LogP contribution is -2.46. The van der Waals surface area contributed by atoms with Gasteiger partial charge in [-0.05, 0) is 17.6 Å². The molecule has 3 heterocycles. The van der Waals surface area contributed by atoms with Crippen LogP contribution < -0.4 is 5.43 Å². The summed E-state index contributed by atoms with van der Waals surface area (Å²) in [6.07, 6.45) is 8.26. The molecule has 0 bridgehead atoms. The molecule has 1 N–H and O–H groups in total. The van der Waals surface area contributed by atoms with Gasteiger partial charge < -0.3 is 10.0 Å². The molecule has 1 aliphatic heterocycles. The van der Waals surface area contributed by atoms with Crippen molar-refractivity contribution in [3.05, 3.63) is 76.0 Å². The number of amides is 1. The van der Waals surface area contributed by atoms with Crippen LogP contribution in [0.3, 0.4) is 0 Å². The average molecular weight is 375 g/mol. The van der Waals surface area contributed by atoms with Crippen LogP contribution in [0, 0.1) is 12.3 Å². The average Bonchev–Trinajstić information content (AvgIpc) is 3.18. The minimum atomic E-state index is -0.696. The highest BCUT2D eigenvalue weighted by molar-refractivity contribution is 5.95. The maximum Gasteiger partial charge on any atom is 0.275 e. The van der Waals surface area contributed by atoms with Crippen LogP contribution in [0.1, 0.15) is 33.8 Å². The Bertz CT molecular complexity index is 1140. The van der Waals surface area contributed by atoms with E-state index in [9.17, 15) is 14.7 Å². The Balaban J connectivity index is 1.94. The van der Waals surface area contributed by atoms with Gasteiger partial charge in [-0.1, -0.05) is 30.3 Å². The van der Waals surface area contributed by atoms with Gasteiger partial charge in [0, 0.05) is 19.8 Å². The van der Waals surface area contributed by atoms with Gasteiger partial charge in [-0.25, -0.2) is 4.68 Å². The van der Waals surface area contributed by atoms with Crippen molar-refractivity contribution in [3.63, 3.8) is 0 Å². The molecule has 0 radical (unpaired) electrons. The van der Waals surface area contributed by atoms with Gasteiger partial charge in [0.1, 0.15) is 11.7 Å². The van der Waals surface area contributed by atoms with Crippen LogP contribution in [0.4, 0.5) is 0 Å². The quantitative estimate of drug-likeness (QED) is 0.691. The summed E-state index contributed by atoms with van der Waals surface area (Å²) < 4.78 is 3.13. The molecule has 0 aliphatic carbocycles. The maximum atomic E-state index is 12.6. The molecule has 3 aromatic rings. The third-order valence-electron chi connectivity index (χ3n) is 4.86. The van der Waals surface area contributed by atoms with Crippen LogP contribution in [0.15, 0.2) is 53.6 Å². The molecule has 0 saturated carbocycles. The van der Waals surface area contributed by atoms with Crippen molar-refractivity contribution >= 4 is 5.91 Å². The highest BCUT2D eigenvalue weighted by atomic mass is 16.3. The molecule has 0 fully saturated rings. The maximum absolute atomic E-state index is 12.6. The number of likely N-dealkylation sites (N-methyl/N-ethyl adjacent to an activating group) is 1. The number of aromatic hydroxyl groups is 1. The third-order valence-corrected chi connectivity index (χ3v) is 4.86. The summed E-state index contributed by atoms with van der Waals surface area (Å²) in [5.74, 6) is 1.44.